The summed E-state index contributed by atoms with van der Waals surface area (Å²) in [7, 11) is 0. The topological polar surface area (TPSA) is 26.0 Å². The van der Waals surface area contributed by atoms with Crippen molar-refractivity contribution in [3.05, 3.63) is 35.4 Å². The second-order valence-electron chi connectivity index (χ2n) is 5.06. The number of alkyl halides is 2. The van der Waals surface area contributed by atoms with Crippen LogP contribution in [0, 0.1) is 0 Å². The van der Waals surface area contributed by atoms with Gasteiger partial charge in [-0.15, -0.1) is 0 Å². The number of aryl methyl sites for hydroxylation is 1. The van der Waals surface area contributed by atoms with E-state index in [1.54, 1.807) is 0 Å². The molecule has 1 aromatic carbocycles. The van der Waals surface area contributed by atoms with E-state index in [0.29, 0.717) is 12.8 Å². The van der Waals surface area contributed by atoms with E-state index in [0.717, 1.165) is 12.0 Å². The van der Waals surface area contributed by atoms with Crippen LogP contribution < -0.4 is 5.73 Å². The van der Waals surface area contributed by atoms with E-state index < -0.39 is 11.5 Å². The number of halogens is 2. The van der Waals surface area contributed by atoms with Gasteiger partial charge in [0.1, 0.15) is 0 Å². The van der Waals surface area contributed by atoms with Crippen molar-refractivity contribution in [2.75, 3.05) is 0 Å². The summed E-state index contributed by atoms with van der Waals surface area (Å²) in [5.41, 5.74) is 7.94. The number of nitrogens with two attached hydrogens (primary N) is 1. The number of rotatable bonds is 2. The highest BCUT2D eigenvalue weighted by Gasteiger charge is 2.41. The Hall–Kier alpha value is -0.960. The first-order valence-corrected chi connectivity index (χ1v) is 6.21. The van der Waals surface area contributed by atoms with E-state index >= 15 is 0 Å². The molecule has 2 N–H and O–H groups in total. The van der Waals surface area contributed by atoms with Gasteiger partial charge in [0.2, 0.25) is 5.92 Å². The van der Waals surface area contributed by atoms with Crippen LogP contribution >= 0.6 is 0 Å². The lowest BCUT2D eigenvalue weighted by molar-refractivity contribution is -0.0514. The number of hydrogen-bond acceptors (Lipinski definition) is 1. The van der Waals surface area contributed by atoms with Crippen molar-refractivity contribution in [2.24, 2.45) is 5.73 Å². The monoisotopic (exact) mass is 239 g/mol. The molecular weight excluding hydrogens is 220 g/mol. The molecule has 0 atom stereocenters. The lowest BCUT2D eigenvalue weighted by atomic mass is 9.76. The van der Waals surface area contributed by atoms with Crippen molar-refractivity contribution >= 4 is 0 Å². The Morgan fingerprint density at radius 1 is 1.06 bits per heavy atom. The molecule has 0 bridgehead atoms. The van der Waals surface area contributed by atoms with Gasteiger partial charge in [0.15, 0.2) is 0 Å². The second-order valence-corrected chi connectivity index (χ2v) is 5.06. The first kappa shape index (κ1) is 12.5. The van der Waals surface area contributed by atoms with Gasteiger partial charge in [-0.3, -0.25) is 0 Å². The van der Waals surface area contributed by atoms with Crippen LogP contribution in [-0.2, 0) is 12.0 Å². The predicted molar refractivity (Wildman–Crippen MR) is 65.1 cm³/mol. The van der Waals surface area contributed by atoms with Gasteiger partial charge >= 0.3 is 0 Å². The highest BCUT2D eigenvalue weighted by molar-refractivity contribution is 5.29. The molecular formula is C14H19F2N. The van der Waals surface area contributed by atoms with Crippen LogP contribution in [0.15, 0.2) is 24.3 Å². The van der Waals surface area contributed by atoms with Crippen molar-refractivity contribution < 1.29 is 8.78 Å². The van der Waals surface area contributed by atoms with Crippen LogP contribution in [0.4, 0.5) is 8.78 Å². The van der Waals surface area contributed by atoms with E-state index in [1.807, 2.05) is 24.3 Å². The first-order chi connectivity index (χ1) is 7.95. The second kappa shape index (κ2) is 4.37. The fourth-order valence-electron chi connectivity index (χ4n) is 2.42. The Balaban J connectivity index is 2.15. The molecule has 0 aliphatic heterocycles. The van der Waals surface area contributed by atoms with Crippen molar-refractivity contribution in [1.82, 2.24) is 0 Å². The van der Waals surface area contributed by atoms with Crippen LogP contribution in [0.5, 0.6) is 0 Å². The van der Waals surface area contributed by atoms with Gasteiger partial charge < -0.3 is 5.73 Å². The third kappa shape index (κ3) is 2.65. The zero-order chi connectivity index (χ0) is 12.5. The fraction of sp³-hybridized carbons (Fsp3) is 0.571. The minimum absolute atomic E-state index is 0.0982. The highest BCUT2D eigenvalue weighted by atomic mass is 19.3. The zero-order valence-electron chi connectivity index (χ0n) is 10.2. The maximum Gasteiger partial charge on any atom is 0.248 e. The summed E-state index contributed by atoms with van der Waals surface area (Å²) >= 11 is 0. The van der Waals surface area contributed by atoms with Crippen LogP contribution in [0.2, 0.25) is 0 Å². The molecule has 1 aliphatic rings. The Kier molecular flexibility index (Phi) is 3.21. The molecule has 1 fully saturated rings. The normalized spacial score (nSPS) is 22.4. The van der Waals surface area contributed by atoms with Crippen molar-refractivity contribution in [2.45, 2.75) is 50.5 Å². The largest absolute Gasteiger partial charge is 0.321 e. The Morgan fingerprint density at radius 3 is 2.06 bits per heavy atom. The minimum atomic E-state index is -2.52. The average Bonchev–Trinajstić information content (AvgIpc) is 2.34. The third-order valence-electron chi connectivity index (χ3n) is 3.81. The van der Waals surface area contributed by atoms with Gasteiger partial charge in [0.05, 0.1) is 0 Å². The molecule has 17 heavy (non-hydrogen) atoms. The summed E-state index contributed by atoms with van der Waals surface area (Å²) < 4.78 is 26.3. The van der Waals surface area contributed by atoms with Crippen LogP contribution in [0.3, 0.4) is 0 Å². The lowest BCUT2D eigenvalue weighted by Gasteiger charge is -2.37. The lowest BCUT2D eigenvalue weighted by Crippen LogP contribution is -2.43. The van der Waals surface area contributed by atoms with Gasteiger partial charge in [0.25, 0.3) is 0 Å². The van der Waals surface area contributed by atoms with E-state index in [4.69, 9.17) is 5.73 Å². The van der Waals surface area contributed by atoms with Gasteiger partial charge in [-0.2, -0.15) is 0 Å². The first-order valence-electron chi connectivity index (χ1n) is 6.21. The number of benzene rings is 1. The van der Waals surface area contributed by atoms with Crippen molar-refractivity contribution in [3.63, 3.8) is 0 Å². The van der Waals surface area contributed by atoms with Crippen LogP contribution in [0.1, 0.15) is 43.7 Å². The molecule has 0 unspecified atom stereocenters. The van der Waals surface area contributed by atoms with Gasteiger partial charge in [-0.05, 0) is 30.4 Å². The molecule has 0 heterocycles. The van der Waals surface area contributed by atoms with E-state index in [9.17, 15) is 8.78 Å². The Labute approximate surface area is 101 Å². The van der Waals surface area contributed by atoms with Crippen LogP contribution in [0.25, 0.3) is 0 Å². The summed E-state index contributed by atoms with van der Waals surface area (Å²) in [6.07, 6.45) is 1.52. The van der Waals surface area contributed by atoms with E-state index in [2.05, 4.69) is 6.92 Å². The molecule has 1 aliphatic carbocycles. The third-order valence-corrected chi connectivity index (χ3v) is 3.81. The molecule has 0 amide bonds. The maximum absolute atomic E-state index is 13.1. The molecule has 0 spiro atoms. The van der Waals surface area contributed by atoms with Gasteiger partial charge in [0, 0.05) is 18.4 Å². The molecule has 0 saturated heterocycles. The van der Waals surface area contributed by atoms with Crippen LogP contribution in [-0.4, -0.2) is 5.92 Å². The highest BCUT2D eigenvalue weighted by Crippen LogP contribution is 2.42. The molecule has 0 aromatic heterocycles. The summed E-state index contributed by atoms with van der Waals surface area (Å²) in [6.45, 7) is 2.09. The number of hydrogen-bond donors (Lipinski definition) is 1. The Bertz CT molecular complexity index is 374. The minimum Gasteiger partial charge on any atom is -0.321 e. The fourth-order valence-corrected chi connectivity index (χ4v) is 2.42. The van der Waals surface area contributed by atoms with E-state index in [-0.39, 0.29) is 12.8 Å². The SMILES string of the molecule is CCc1ccc(C2(N)CCC(F)(F)CC2)cc1. The standard InChI is InChI=1S/C14H19F2N/c1-2-11-3-5-12(6-4-11)13(17)7-9-14(15,16)10-8-13/h3-6H,2,7-10,17H2,1H3. The average molecular weight is 239 g/mol. The molecule has 3 heteroatoms. The molecule has 1 saturated carbocycles. The van der Waals surface area contributed by atoms with E-state index in [1.165, 1.54) is 5.56 Å². The molecule has 94 valence electrons. The summed E-state index contributed by atoms with van der Waals surface area (Å²) in [6, 6.07) is 8.05. The maximum atomic E-state index is 13.1. The quantitative estimate of drug-likeness (QED) is 0.838. The zero-order valence-corrected chi connectivity index (χ0v) is 10.2. The molecule has 0 radical (unpaired) electrons. The van der Waals surface area contributed by atoms with Gasteiger partial charge in [-0.1, -0.05) is 31.2 Å². The molecule has 1 nitrogen and oxygen atoms in total. The Morgan fingerprint density at radius 2 is 1.59 bits per heavy atom. The molecule has 1 aromatic rings. The summed E-state index contributed by atoms with van der Waals surface area (Å²) in [4.78, 5) is 0. The molecule has 2 rings (SSSR count). The smallest absolute Gasteiger partial charge is 0.248 e. The predicted octanol–water partition coefficient (Wildman–Crippen LogP) is 3.61. The summed E-state index contributed by atoms with van der Waals surface area (Å²) in [5.74, 6) is -2.52. The van der Waals surface area contributed by atoms with Crippen molar-refractivity contribution in [1.29, 1.82) is 0 Å². The van der Waals surface area contributed by atoms with Gasteiger partial charge in [-0.25, -0.2) is 8.78 Å². The van der Waals surface area contributed by atoms with Crippen molar-refractivity contribution in [3.8, 4) is 0 Å². The summed E-state index contributed by atoms with van der Waals surface area (Å²) in [5, 5.41) is 0.